The molecule has 3 aromatic rings. The monoisotopic (exact) mass is 402 g/mol. The minimum Gasteiger partial charge on any atom is -0.340 e. The van der Waals surface area contributed by atoms with Crippen LogP contribution in [0.3, 0.4) is 0 Å². The van der Waals surface area contributed by atoms with E-state index in [-0.39, 0.29) is 18.0 Å². The van der Waals surface area contributed by atoms with Crippen LogP contribution in [0.2, 0.25) is 0 Å². The van der Waals surface area contributed by atoms with Gasteiger partial charge in [-0.1, -0.05) is 60.7 Å². The Morgan fingerprint density at radius 2 is 1.43 bits per heavy atom. The maximum absolute atomic E-state index is 13.2. The summed E-state index contributed by atoms with van der Waals surface area (Å²) in [6, 6.07) is 21.8. The van der Waals surface area contributed by atoms with E-state index in [4.69, 9.17) is 0 Å². The molecule has 1 aliphatic rings. The molecule has 1 amide bonds. The average Bonchev–Trinajstić information content (AvgIpc) is 2.83. The third-order valence-electron chi connectivity index (χ3n) is 5.80. The van der Waals surface area contributed by atoms with E-state index in [2.05, 4.69) is 44.5 Å². The predicted molar refractivity (Wildman–Crippen MR) is 117 cm³/mol. The van der Waals surface area contributed by atoms with E-state index in [1.807, 2.05) is 49.4 Å². The second kappa shape index (κ2) is 9.50. The molecule has 0 bridgehead atoms. The summed E-state index contributed by atoms with van der Waals surface area (Å²) in [4.78, 5) is 25.3. The second-order valence-electron chi connectivity index (χ2n) is 7.68. The first-order chi connectivity index (χ1) is 14.7. The summed E-state index contributed by atoms with van der Waals surface area (Å²) in [5, 5.41) is 3.29. The summed E-state index contributed by atoms with van der Waals surface area (Å²) < 4.78 is 0. The van der Waals surface area contributed by atoms with Gasteiger partial charge in [-0.05, 0) is 24.1 Å². The van der Waals surface area contributed by atoms with Gasteiger partial charge in [0.05, 0.1) is 32.2 Å². The maximum atomic E-state index is 13.2. The third kappa shape index (κ3) is 4.66. The summed E-state index contributed by atoms with van der Waals surface area (Å²) in [6.45, 7) is 5.48. The topological polar surface area (TPSA) is 62.6 Å². The van der Waals surface area contributed by atoms with Gasteiger partial charge in [0.25, 0.3) is 5.91 Å². The van der Waals surface area contributed by atoms with Crippen molar-refractivity contribution in [1.82, 2.24) is 15.3 Å². The van der Waals surface area contributed by atoms with E-state index < -0.39 is 0 Å². The summed E-state index contributed by atoms with van der Waals surface area (Å²) in [5.74, 6) is 0.842. The van der Waals surface area contributed by atoms with Gasteiger partial charge in [-0.15, -0.1) is 0 Å². The van der Waals surface area contributed by atoms with Crippen molar-refractivity contribution in [2.24, 2.45) is 0 Å². The minimum atomic E-state index is -0.152. The number of anilines is 1. The Labute approximate surface area is 177 Å². The van der Waals surface area contributed by atoms with Crippen LogP contribution in [-0.4, -0.2) is 48.1 Å². The SMILES string of the molecule is C[C@@H](C(=O)NC(c1ccccc1)c1ccccc1)[NH+]1CCN(c2ncccn2)CC1. The number of amides is 1. The maximum Gasteiger partial charge on any atom is 0.278 e. The number of nitrogens with zero attached hydrogens (tertiary/aromatic N) is 3. The fourth-order valence-electron chi connectivity index (χ4n) is 3.98. The van der Waals surface area contributed by atoms with Crippen molar-refractivity contribution in [3.05, 3.63) is 90.3 Å². The molecule has 154 valence electrons. The molecule has 2 aromatic carbocycles. The number of carbonyl (C=O) groups excluding carboxylic acids is 1. The standard InChI is InChI=1S/C24H27N5O/c1-19(28-15-17-29(18-16-28)24-25-13-8-14-26-24)23(30)27-22(20-9-4-2-5-10-20)21-11-6-3-7-12-21/h2-14,19,22H,15-18H2,1H3,(H,27,30)/p+1/t19-/m0/s1. The van der Waals surface area contributed by atoms with E-state index in [1.54, 1.807) is 12.4 Å². The van der Waals surface area contributed by atoms with Crippen molar-refractivity contribution >= 4 is 11.9 Å². The molecule has 0 aliphatic carbocycles. The van der Waals surface area contributed by atoms with Crippen LogP contribution >= 0.6 is 0 Å². The molecular weight excluding hydrogens is 374 g/mol. The molecule has 0 spiro atoms. The van der Waals surface area contributed by atoms with Gasteiger partial charge >= 0.3 is 0 Å². The van der Waals surface area contributed by atoms with E-state index in [9.17, 15) is 4.79 Å². The third-order valence-corrected chi connectivity index (χ3v) is 5.80. The van der Waals surface area contributed by atoms with Gasteiger partial charge < -0.3 is 15.1 Å². The highest BCUT2D eigenvalue weighted by Gasteiger charge is 2.31. The highest BCUT2D eigenvalue weighted by Crippen LogP contribution is 2.21. The summed E-state index contributed by atoms with van der Waals surface area (Å²) >= 11 is 0. The fraction of sp³-hybridized carbons (Fsp3) is 0.292. The molecule has 2 N–H and O–H groups in total. The van der Waals surface area contributed by atoms with Gasteiger partial charge in [0.15, 0.2) is 6.04 Å². The van der Waals surface area contributed by atoms with Gasteiger partial charge in [0, 0.05) is 12.4 Å². The van der Waals surface area contributed by atoms with E-state index >= 15 is 0 Å². The van der Waals surface area contributed by atoms with E-state index in [1.165, 1.54) is 4.90 Å². The number of hydrogen-bond donors (Lipinski definition) is 2. The summed E-state index contributed by atoms with van der Waals surface area (Å²) in [6.07, 6.45) is 3.54. The lowest BCUT2D eigenvalue weighted by atomic mass is 9.98. The molecule has 1 atom stereocenters. The van der Waals surface area contributed by atoms with E-state index in [0.29, 0.717) is 0 Å². The number of carbonyl (C=O) groups is 1. The molecule has 6 nitrogen and oxygen atoms in total. The lowest BCUT2D eigenvalue weighted by molar-refractivity contribution is -0.914. The molecule has 1 aromatic heterocycles. The Balaban J connectivity index is 1.42. The number of benzene rings is 2. The smallest absolute Gasteiger partial charge is 0.278 e. The largest absolute Gasteiger partial charge is 0.340 e. The van der Waals surface area contributed by atoms with Crippen LogP contribution < -0.4 is 15.1 Å². The van der Waals surface area contributed by atoms with Crippen molar-refractivity contribution < 1.29 is 9.69 Å². The first kappa shape index (κ1) is 20.0. The van der Waals surface area contributed by atoms with Gasteiger partial charge in [-0.25, -0.2) is 9.97 Å². The molecule has 30 heavy (non-hydrogen) atoms. The zero-order valence-electron chi connectivity index (χ0n) is 17.2. The number of aromatic nitrogens is 2. The van der Waals surface area contributed by atoms with E-state index in [0.717, 1.165) is 43.3 Å². The molecule has 0 saturated carbocycles. The number of piperazine rings is 1. The van der Waals surface area contributed by atoms with Crippen molar-refractivity contribution in [1.29, 1.82) is 0 Å². The van der Waals surface area contributed by atoms with Gasteiger partial charge in [0.2, 0.25) is 5.95 Å². The van der Waals surface area contributed by atoms with Gasteiger partial charge in [-0.2, -0.15) is 0 Å². The zero-order chi connectivity index (χ0) is 20.8. The highest BCUT2D eigenvalue weighted by atomic mass is 16.2. The van der Waals surface area contributed by atoms with Crippen LogP contribution in [0, 0.1) is 0 Å². The van der Waals surface area contributed by atoms with Crippen molar-refractivity contribution in [3.8, 4) is 0 Å². The van der Waals surface area contributed by atoms with Crippen LogP contribution in [0.4, 0.5) is 5.95 Å². The van der Waals surface area contributed by atoms with Crippen molar-refractivity contribution in [2.45, 2.75) is 19.0 Å². The molecule has 0 radical (unpaired) electrons. The molecule has 1 aliphatic heterocycles. The van der Waals surface area contributed by atoms with Gasteiger partial charge in [-0.3, -0.25) is 4.79 Å². The quantitative estimate of drug-likeness (QED) is 0.656. The molecule has 1 saturated heterocycles. The van der Waals surface area contributed by atoms with Crippen LogP contribution in [0.1, 0.15) is 24.1 Å². The predicted octanol–water partition coefficient (Wildman–Crippen LogP) is 1.48. The Bertz CT molecular complexity index is 888. The molecule has 0 unspecified atom stereocenters. The summed E-state index contributed by atoms with van der Waals surface area (Å²) in [5.41, 5.74) is 2.18. The van der Waals surface area contributed by atoms with Crippen molar-refractivity contribution in [2.75, 3.05) is 31.1 Å². The number of hydrogen-bond acceptors (Lipinski definition) is 4. The fourth-order valence-corrected chi connectivity index (χ4v) is 3.98. The molecule has 1 fully saturated rings. The average molecular weight is 403 g/mol. The normalized spacial score (nSPS) is 15.7. The number of rotatable bonds is 6. The number of quaternary nitrogens is 1. The highest BCUT2D eigenvalue weighted by molar-refractivity contribution is 5.80. The molecular formula is C24H28N5O+. The Morgan fingerprint density at radius 1 is 0.900 bits per heavy atom. The Kier molecular flexibility index (Phi) is 6.35. The van der Waals surface area contributed by atoms with Crippen LogP contribution in [0.15, 0.2) is 79.1 Å². The zero-order valence-corrected chi connectivity index (χ0v) is 17.2. The van der Waals surface area contributed by atoms with Crippen molar-refractivity contribution in [3.63, 3.8) is 0 Å². The molecule has 6 heteroatoms. The lowest BCUT2D eigenvalue weighted by Crippen LogP contribution is -3.19. The van der Waals surface area contributed by atoms with Gasteiger partial charge in [0.1, 0.15) is 0 Å². The number of nitrogens with one attached hydrogen (secondary N) is 2. The Morgan fingerprint density at radius 3 is 1.97 bits per heavy atom. The minimum absolute atomic E-state index is 0.0760. The first-order valence-electron chi connectivity index (χ1n) is 10.5. The molecule has 4 rings (SSSR count). The van der Waals surface area contributed by atoms with Crippen LogP contribution in [0.5, 0.6) is 0 Å². The first-order valence-corrected chi connectivity index (χ1v) is 10.5. The van der Waals surface area contributed by atoms with Crippen LogP contribution in [-0.2, 0) is 4.79 Å². The Hall–Kier alpha value is -3.25. The molecule has 2 heterocycles. The van der Waals surface area contributed by atoms with Crippen LogP contribution in [0.25, 0.3) is 0 Å². The lowest BCUT2D eigenvalue weighted by Gasteiger charge is -2.35. The summed E-state index contributed by atoms with van der Waals surface area (Å²) in [7, 11) is 0. The second-order valence-corrected chi connectivity index (χ2v) is 7.68.